The van der Waals surface area contributed by atoms with Crippen LogP contribution in [-0.2, 0) is 0 Å². The average Bonchev–Trinajstić information content (AvgIpc) is 2.58. The molecule has 0 bridgehead atoms. The van der Waals surface area contributed by atoms with Crippen LogP contribution in [0.5, 0.6) is 0 Å². The molecule has 1 saturated heterocycles. The first-order valence-electron chi connectivity index (χ1n) is 3.82. The molecule has 0 unspecified atom stereocenters. The van der Waals surface area contributed by atoms with E-state index in [9.17, 15) is 0 Å². The van der Waals surface area contributed by atoms with E-state index in [0.29, 0.717) is 6.04 Å². The number of aromatic nitrogens is 4. The Morgan fingerprint density at radius 2 is 2.09 bits per heavy atom. The summed E-state index contributed by atoms with van der Waals surface area (Å²) in [6.45, 7) is 1.87. The molecule has 1 aliphatic rings. The van der Waals surface area contributed by atoms with Crippen molar-refractivity contribution in [3.8, 4) is 0 Å². The van der Waals surface area contributed by atoms with Crippen LogP contribution in [-0.4, -0.2) is 33.3 Å². The van der Waals surface area contributed by atoms with E-state index < -0.39 is 0 Å². The van der Waals surface area contributed by atoms with Crippen LogP contribution >= 0.6 is 0 Å². The Labute approximate surface area is 64.8 Å². The molecule has 1 aromatic rings. The van der Waals surface area contributed by atoms with Gasteiger partial charge in [0, 0.05) is 13.1 Å². The summed E-state index contributed by atoms with van der Waals surface area (Å²) in [6, 6.07) is 0.426. The zero-order chi connectivity index (χ0) is 7.52. The molecule has 1 aliphatic heterocycles. The van der Waals surface area contributed by atoms with E-state index in [1.165, 1.54) is 6.33 Å². The van der Waals surface area contributed by atoms with Crippen LogP contribution < -0.4 is 5.32 Å². The molecular weight excluding hydrogens is 142 g/mol. The van der Waals surface area contributed by atoms with Crippen molar-refractivity contribution in [2.45, 2.75) is 18.9 Å². The highest BCUT2D eigenvalue weighted by Gasteiger charge is 2.16. The maximum absolute atomic E-state index is 4.25. The number of tetrazole rings is 1. The molecule has 11 heavy (non-hydrogen) atoms. The lowest BCUT2D eigenvalue weighted by Gasteiger charge is -2.19. The van der Waals surface area contributed by atoms with Gasteiger partial charge in [-0.1, -0.05) is 0 Å². The van der Waals surface area contributed by atoms with E-state index in [4.69, 9.17) is 0 Å². The van der Waals surface area contributed by atoms with Gasteiger partial charge in [-0.2, -0.15) is 4.80 Å². The molecule has 59 valence electrons. The second-order valence-electron chi connectivity index (χ2n) is 2.66. The fourth-order valence-electron chi connectivity index (χ4n) is 1.31. The molecule has 2 heterocycles. The van der Waals surface area contributed by atoms with Crippen LogP contribution in [0.1, 0.15) is 18.9 Å². The van der Waals surface area contributed by atoms with Gasteiger partial charge in [0.05, 0.1) is 6.04 Å². The normalized spacial score (nSPS) is 20.4. The third kappa shape index (κ3) is 1.37. The lowest BCUT2D eigenvalue weighted by atomic mass is 10.1. The number of hydrogen-bond acceptors (Lipinski definition) is 3. The minimum Gasteiger partial charge on any atom is -0.242 e. The molecule has 0 N–H and O–H groups in total. The minimum atomic E-state index is 0.426. The van der Waals surface area contributed by atoms with Gasteiger partial charge < -0.3 is 0 Å². The Kier molecular flexibility index (Phi) is 1.81. The minimum absolute atomic E-state index is 0.426. The molecule has 5 nitrogen and oxygen atoms in total. The van der Waals surface area contributed by atoms with Crippen LogP contribution in [0.2, 0.25) is 0 Å². The van der Waals surface area contributed by atoms with Crippen LogP contribution in [0.4, 0.5) is 0 Å². The summed E-state index contributed by atoms with van der Waals surface area (Å²) in [6.07, 6.45) is 3.58. The summed E-state index contributed by atoms with van der Waals surface area (Å²) in [7, 11) is 0. The topological polar surface area (TPSA) is 57.7 Å². The first kappa shape index (κ1) is 6.72. The van der Waals surface area contributed by atoms with E-state index in [1.807, 2.05) is 0 Å². The monoisotopic (exact) mass is 152 g/mol. The molecule has 0 aromatic carbocycles. The third-order valence-corrected chi connectivity index (χ3v) is 1.93. The van der Waals surface area contributed by atoms with E-state index in [2.05, 4.69) is 20.7 Å². The molecule has 0 atom stereocenters. The molecule has 1 fully saturated rings. The molecule has 2 rings (SSSR count). The molecule has 5 heteroatoms. The number of hydrogen-bond donors (Lipinski definition) is 0. The van der Waals surface area contributed by atoms with Gasteiger partial charge in [0.1, 0.15) is 0 Å². The van der Waals surface area contributed by atoms with Gasteiger partial charge in [-0.15, -0.1) is 10.2 Å². The summed E-state index contributed by atoms with van der Waals surface area (Å²) in [5.41, 5.74) is 0. The van der Waals surface area contributed by atoms with E-state index >= 15 is 0 Å². The second-order valence-corrected chi connectivity index (χ2v) is 2.66. The van der Waals surface area contributed by atoms with Gasteiger partial charge in [-0.05, 0) is 18.1 Å². The van der Waals surface area contributed by atoms with Gasteiger partial charge in [-0.3, -0.25) is 0 Å². The zero-order valence-corrected chi connectivity index (χ0v) is 6.22. The second kappa shape index (κ2) is 2.96. The number of nitrogens with zero attached hydrogens (tertiary/aromatic N) is 5. The van der Waals surface area contributed by atoms with Crippen molar-refractivity contribution in [1.82, 2.24) is 25.5 Å². The highest BCUT2D eigenvalue weighted by Crippen LogP contribution is 2.15. The van der Waals surface area contributed by atoms with Crippen molar-refractivity contribution in [2.75, 3.05) is 13.1 Å². The van der Waals surface area contributed by atoms with E-state index in [-0.39, 0.29) is 0 Å². The molecule has 0 amide bonds. The Balaban J connectivity index is 2.04. The van der Waals surface area contributed by atoms with Crippen LogP contribution in [0.3, 0.4) is 0 Å². The molecule has 1 aromatic heterocycles. The average molecular weight is 152 g/mol. The quantitative estimate of drug-likeness (QED) is 0.550. The van der Waals surface area contributed by atoms with E-state index in [1.54, 1.807) is 4.80 Å². The predicted octanol–water partition coefficient (Wildman–Crippen LogP) is -0.388. The lowest BCUT2D eigenvalue weighted by molar-refractivity contribution is 0.306. The van der Waals surface area contributed by atoms with Crippen molar-refractivity contribution in [2.24, 2.45) is 0 Å². The largest absolute Gasteiger partial charge is 0.242 e. The summed E-state index contributed by atoms with van der Waals surface area (Å²) in [5, 5.41) is 15.8. The van der Waals surface area contributed by atoms with Crippen molar-refractivity contribution in [1.29, 1.82) is 0 Å². The smallest absolute Gasteiger partial charge is 0.162 e. The fraction of sp³-hybridized carbons (Fsp3) is 0.833. The Morgan fingerprint density at radius 3 is 2.73 bits per heavy atom. The molecule has 0 spiro atoms. The van der Waals surface area contributed by atoms with Crippen molar-refractivity contribution >= 4 is 0 Å². The first-order chi connectivity index (χ1) is 5.47. The number of rotatable bonds is 1. The standard InChI is InChI=1S/C6H10N5/c1-3-7-4-2-6(1)11-9-5-8-10-11/h5-6H,1-4H2. The van der Waals surface area contributed by atoms with Crippen LogP contribution in [0.15, 0.2) is 6.33 Å². The summed E-state index contributed by atoms with van der Waals surface area (Å²) < 4.78 is 0. The van der Waals surface area contributed by atoms with E-state index in [0.717, 1.165) is 25.9 Å². The third-order valence-electron chi connectivity index (χ3n) is 1.93. The molecular formula is C6H10N5. The fourth-order valence-corrected chi connectivity index (χ4v) is 1.31. The molecule has 0 aliphatic carbocycles. The van der Waals surface area contributed by atoms with Crippen LogP contribution in [0, 0.1) is 0 Å². The van der Waals surface area contributed by atoms with Crippen molar-refractivity contribution in [3.05, 3.63) is 6.33 Å². The van der Waals surface area contributed by atoms with Gasteiger partial charge >= 0.3 is 0 Å². The summed E-state index contributed by atoms with van der Waals surface area (Å²) in [5.74, 6) is 0. The van der Waals surface area contributed by atoms with Gasteiger partial charge in [0.2, 0.25) is 0 Å². The first-order valence-corrected chi connectivity index (χ1v) is 3.82. The Bertz CT molecular complexity index is 201. The maximum Gasteiger partial charge on any atom is 0.162 e. The van der Waals surface area contributed by atoms with Crippen LogP contribution in [0.25, 0.3) is 0 Å². The molecule has 1 radical (unpaired) electrons. The van der Waals surface area contributed by atoms with Gasteiger partial charge in [0.25, 0.3) is 0 Å². The van der Waals surface area contributed by atoms with Crippen molar-refractivity contribution in [3.63, 3.8) is 0 Å². The predicted molar refractivity (Wildman–Crippen MR) is 38.0 cm³/mol. The van der Waals surface area contributed by atoms with Gasteiger partial charge in [0.15, 0.2) is 6.33 Å². The Morgan fingerprint density at radius 1 is 1.27 bits per heavy atom. The van der Waals surface area contributed by atoms with Crippen molar-refractivity contribution < 1.29 is 0 Å². The number of piperidine rings is 1. The highest BCUT2D eigenvalue weighted by atomic mass is 15.6. The summed E-state index contributed by atoms with van der Waals surface area (Å²) in [4.78, 5) is 1.69. The van der Waals surface area contributed by atoms with Gasteiger partial charge in [-0.25, -0.2) is 5.32 Å². The summed E-state index contributed by atoms with van der Waals surface area (Å²) >= 11 is 0. The highest BCUT2D eigenvalue weighted by molar-refractivity contribution is 4.69. The maximum atomic E-state index is 4.25. The Hall–Kier alpha value is -0.970. The SMILES string of the molecule is c1nnn(C2CC[N]CC2)n1. The molecule has 0 saturated carbocycles. The lowest BCUT2D eigenvalue weighted by Crippen LogP contribution is -2.26. The zero-order valence-electron chi connectivity index (χ0n) is 6.22.